The summed E-state index contributed by atoms with van der Waals surface area (Å²) in [5.41, 5.74) is 0. The van der Waals surface area contributed by atoms with E-state index in [0.29, 0.717) is 18.3 Å². The van der Waals surface area contributed by atoms with Gasteiger partial charge >= 0.3 is 5.97 Å². The van der Waals surface area contributed by atoms with Crippen LogP contribution in [-0.4, -0.2) is 11.1 Å². The van der Waals surface area contributed by atoms with Crippen molar-refractivity contribution in [3.8, 4) is 0 Å². The Labute approximate surface area is 84.0 Å². The summed E-state index contributed by atoms with van der Waals surface area (Å²) in [6.07, 6.45) is 8.94. The van der Waals surface area contributed by atoms with Crippen molar-refractivity contribution in [3.05, 3.63) is 12.2 Å². The summed E-state index contributed by atoms with van der Waals surface area (Å²) in [5, 5.41) is 8.83. The highest BCUT2D eigenvalue weighted by Crippen LogP contribution is 2.58. The first-order chi connectivity index (χ1) is 6.75. The molecule has 0 amide bonds. The fourth-order valence-corrected chi connectivity index (χ4v) is 4.11. The summed E-state index contributed by atoms with van der Waals surface area (Å²) in [6.45, 7) is 0. The number of allylic oxidation sites excluding steroid dienone is 2. The van der Waals surface area contributed by atoms with Gasteiger partial charge in [-0.15, -0.1) is 0 Å². The number of carboxylic acids is 1. The maximum atomic E-state index is 10.7. The highest BCUT2D eigenvalue weighted by molar-refractivity contribution is 5.67. The van der Waals surface area contributed by atoms with Gasteiger partial charge in [-0.1, -0.05) is 12.2 Å². The zero-order valence-corrected chi connectivity index (χ0v) is 8.23. The molecule has 0 aromatic rings. The zero-order chi connectivity index (χ0) is 9.71. The van der Waals surface area contributed by atoms with Gasteiger partial charge in [-0.25, -0.2) is 0 Å². The molecular formula is C12H16O2. The van der Waals surface area contributed by atoms with Crippen LogP contribution in [0.4, 0.5) is 0 Å². The normalized spacial score (nSPS) is 48.4. The first kappa shape index (κ1) is 8.51. The third-order valence-electron chi connectivity index (χ3n) is 4.53. The van der Waals surface area contributed by atoms with E-state index >= 15 is 0 Å². The minimum absolute atomic E-state index is 0.341. The lowest BCUT2D eigenvalue weighted by Gasteiger charge is -2.28. The molecule has 0 spiro atoms. The quantitative estimate of drug-likeness (QED) is 0.682. The average Bonchev–Trinajstić information content (AvgIpc) is 2.74. The van der Waals surface area contributed by atoms with Crippen LogP contribution < -0.4 is 0 Å². The molecule has 2 fully saturated rings. The zero-order valence-electron chi connectivity index (χ0n) is 8.23. The van der Waals surface area contributed by atoms with Crippen LogP contribution in [0.1, 0.15) is 25.7 Å². The molecule has 0 heterocycles. The highest BCUT2D eigenvalue weighted by Gasteiger charge is 2.51. The van der Waals surface area contributed by atoms with E-state index in [1.807, 2.05) is 0 Å². The van der Waals surface area contributed by atoms with Gasteiger partial charge < -0.3 is 5.11 Å². The molecule has 0 aromatic heterocycles. The van der Waals surface area contributed by atoms with Gasteiger partial charge in [-0.05, 0) is 48.9 Å². The molecule has 0 radical (unpaired) electrons. The fraction of sp³-hybridized carbons (Fsp3) is 0.750. The average molecular weight is 192 g/mol. The second-order valence-electron chi connectivity index (χ2n) is 5.13. The van der Waals surface area contributed by atoms with Crippen LogP contribution in [0, 0.1) is 29.6 Å². The van der Waals surface area contributed by atoms with Crippen molar-refractivity contribution in [1.29, 1.82) is 0 Å². The van der Waals surface area contributed by atoms with Gasteiger partial charge in [0.2, 0.25) is 0 Å². The van der Waals surface area contributed by atoms with Gasteiger partial charge in [0.05, 0.1) is 6.42 Å². The largest absolute Gasteiger partial charge is 0.481 e. The molecule has 3 rings (SSSR count). The standard InChI is InChI=1S/C12H16O2/c13-11(14)6-9-3-4-10-7-1-2-8(5-7)12(9)10/h3-4,7-10,12H,1-2,5-6H2,(H,13,14). The SMILES string of the molecule is O=C(O)CC1C=CC2C3CCC(C3)C12. The van der Waals surface area contributed by atoms with Crippen molar-refractivity contribution in [3.63, 3.8) is 0 Å². The number of hydrogen-bond acceptors (Lipinski definition) is 1. The van der Waals surface area contributed by atoms with Gasteiger partial charge in [0.1, 0.15) is 0 Å². The number of fused-ring (bicyclic) bond motifs is 5. The molecule has 0 aliphatic heterocycles. The third-order valence-corrected chi connectivity index (χ3v) is 4.53. The Morgan fingerprint density at radius 2 is 2.07 bits per heavy atom. The Morgan fingerprint density at radius 3 is 2.86 bits per heavy atom. The summed E-state index contributed by atoms with van der Waals surface area (Å²) < 4.78 is 0. The Balaban J connectivity index is 1.79. The second kappa shape index (κ2) is 2.85. The smallest absolute Gasteiger partial charge is 0.303 e. The van der Waals surface area contributed by atoms with Gasteiger partial charge in [-0.3, -0.25) is 4.79 Å². The first-order valence-corrected chi connectivity index (χ1v) is 5.66. The van der Waals surface area contributed by atoms with Crippen LogP contribution in [0.5, 0.6) is 0 Å². The number of hydrogen-bond donors (Lipinski definition) is 1. The Morgan fingerprint density at radius 1 is 1.29 bits per heavy atom. The predicted octanol–water partition coefficient (Wildman–Crippen LogP) is 2.31. The highest BCUT2D eigenvalue weighted by atomic mass is 16.4. The second-order valence-corrected chi connectivity index (χ2v) is 5.13. The molecule has 2 nitrogen and oxygen atoms in total. The topological polar surface area (TPSA) is 37.3 Å². The molecule has 5 unspecified atom stereocenters. The lowest BCUT2D eigenvalue weighted by Crippen LogP contribution is -2.24. The Kier molecular flexibility index (Phi) is 1.73. The minimum atomic E-state index is -0.636. The van der Waals surface area contributed by atoms with Crippen molar-refractivity contribution in [1.82, 2.24) is 0 Å². The number of carboxylic acid groups (broad SMARTS) is 1. The molecule has 2 saturated carbocycles. The fourth-order valence-electron chi connectivity index (χ4n) is 4.11. The van der Waals surface area contributed by atoms with Crippen molar-refractivity contribution in [2.75, 3.05) is 0 Å². The number of carbonyl (C=O) groups is 1. The summed E-state index contributed by atoms with van der Waals surface area (Å²) in [7, 11) is 0. The molecule has 5 atom stereocenters. The monoisotopic (exact) mass is 192 g/mol. The molecule has 1 N–H and O–H groups in total. The van der Waals surface area contributed by atoms with Gasteiger partial charge in [0.25, 0.3) is 0 Å². The van der Waals surface area contributed by atoms with Gasteiger partial charge in [-0.2, -0.15) is 0 Å². The third kappa shape index (κ3) is 1.06. The van der Waals surface area contributed by atoms with Crippen molar-refractivity contribution >= 4 is 5.97 Å². The van der Waals surface area contributed by atoms with Crippen LogP contribution in [-0.2, 0) is 4.79 Å². The summed E-state index contributed by atoms with van der Waals surface area (Å²) in [5.74, 6) is 2.85. The summed E-state index contributed by atoms with van der Waals surface area (Å²) in [6, 6.07) is 0. The van der Waals surface area contributed by atoms with E-state index < -0.39 is 5.97 Å². The number of aliphatic carboxylic acids is 1. The van der Waals surface area contributed by atoms with Crippen LogP contribution in [0.25, 0.3) is 0 Å². The van der Waals surface area contributed by atoms with Crippen molar-refractivity contribution in [2.24, 2.45) is 29.6 Å². The van der Waals surface area contributed by atoms with Crippen molar-refractivity contribution in [2.45, 2.75) is 25.7 Å². The molecule has 3 aliphatic rings. The van der Waals surface area contributed by atoms with E-state index in [9.17, 15) is 4.79 Å². The molecule has 0 aromatic carbocycles. The lowest BCUT2D eigenvalue weighted by molar-refractivity contribution is -0.138. The van der Waals surface area contributed by atoms with Crippen LogP contribution in [0.15, 0.2) is 12.2 Å². The van der Waals surface area contributed by atoms with Crippen LogP contribution in [0.3, 0.4) is 0 Å². The van der Waals surface area contributed by atoms with E-state index in [1.165, 1.54) is 19.3 Å². The maximum absolute atomic E-state index is 10.7. The molecule has 2 heteroatoms. The summed E-state index contributed by atoms with van der Waals surface area (Å²) in [4.78, 5) is 10.7. The van der Waals surface area contributed by atoms with Gasteiger partial charge in [0.15, 0.2) is 0 Å². The lowest BCUT2D eigenvalue weighted by atomic mass is 9.76. The van der Waals surface area contributed by atoms with E-state index in [-0.39, 0.29) is 0 Å². The van der Waals surface area contributed by atoms with Gasteiger partial charge in [0, 0.05) is 0 Å². The number of rotatable bonds is 2. The van der Waals surface area contributed by atoms with E-state index in [0.717, 1.165) is 17.8 Å². The van der Waals surface area contributed by atoms with E-state index in [1.54, 1.807) is 0 Å². The minimum Gasteiger partial charge on any atom is -0.481 e. The molecule has 14 heavy (non-hydrogen) atoms. The Bertz CT molecular complexity index is 295. The maximum Gasteiger partial charge on any atom is 0.303 e. The predicted molar refractivity (Wildman–Crippen MR) is 52.7 cm³/mol. The molecule has 0 saturated heterocycles. The Hall–Kier alpha value is -0.790. The molecule has 76 valence electrons. The first-order valence-electron chi connectivity index (χ1n) is 5.66. The molecule has 2 bridgehead atoms. The summed E-state index contributed by atoms with van der Waals surface area (Å²) >= 11 is 0. The van der Waals surface area contributed by atoms with Crippen molar-refractivity contribution < 1.29 is 9.90 Å². The van der Waals surface area contributed by atoms with Crippen LogP contribution >= 0.6 is 0 Å². The van der Waals surface area contributed by atoms with E-state index in [4.69, 9.17) is 5.11 Å². The molecular weight excluding hydrogens is 176 g/mol. The molecule has 3 aliphatic carbocycles. The van der Waals surface area contributed by atoms with Crippen LogP contribution in [0.2, 0.25) is 0 Å². The van der Waals surface area contributed by atoms with E-state index in [2.05, 4.69) is 12.2 Å².